The number of nitrogens with one attached hydrogen (secondary N) is 1. The van der Waals surface area contributed by atoms with Crippen LogP contribution in [0.15, 0.2) is 29.4 Å². The molecule has 23 heavy (non-hydrogen) atoms. The number of hydrogen-bond donors (Lipinski definition) is 2. The first-order valence-corrected chi connectivity index (χ1v) is 7.26. The largest absolute Gasteiger partial charge is 0.507 e. The first-order valence-electron chi connectivity index (χ1n) is 6.88. The van der Waals surface area contributed by atoms with Gasteiger partial charge in [-0.1, -0.05) is 11.6 Å². The summed E-state index contributed by atoms with van der Waals surface area (Å²) in [6.45, 7) is 0. The minimum atomic E-state index is 0.102. The Kier molecular flexibility index (Phi) is 5.23. The van der Waals surface area contributed by atoms with Crippen molar-refractivity contribution in [2.75, 3.05) is 43.4 Å². The summed E-state index contributed by atoms with van der Waals surface area (Å²) in [5.74, 6) is 1.97. The van der Waals surface area contributed by atoms with Crippen LogP contribution in [0.2, 0.25) is 5.02 Å². The number of aromatic nitrogens is 2. The standard InChI is InChI=1S/C15H19ClN6O/c1-21(2)14-8-13(18-15(19-14)22(3)4)20-17-9-10-7-11(16)5-6-12(10)23/h5-9,23H,1-4H3,(H,18,19,20)/b17-9-. The zero-order valence-corrected chi connectivity index (χ0v) is 14.2. The van der Waals surface area contributed by atoms with Crippen molar-refractivity contribution in [2.24, 2.45) is 5.10 Å². The van der Waals surface area contributed by atoms with Gasteiger partial charge in [0.1, 0.15) is 11.6 Å². The van der Waals surface area contributed by atoms with Gasteiger partial charge in [0.25, 0.3) is 0 Å². The van der Waals surface area contributed by atoms with Crippen LogP contribution in [0.25, 0.3) is 0 Å². The summed E-state index contributed by atoms with van der Waals surface area (Å²) in [5.41, 5.74) is 3.35. The molecule has 0 saturated carbocycles. The number of aromatic hydroxyl groups is 1. The van der Waals surface area contributed by atoms with E-state index in [0.29, 0.717) is 22.4 Å². The van der Waals surface area contributed by atoms with E-state index in [2.05, 4.69) is 20.5 Å². The lowest BCUT2D eigenvalue weighted by Gasteiger charge is -2.17. The van der Waals surface area contributed by atoms with Crippen molar-refractivity contribution in [1.82, 2.24) is 9.97 Å². The zero-order chi connectivity index (χ0) is 17.0. The van der Waals surface area contributed by atoms with Crippen LogP contribution in [-0.2, 0) is 0 Å². The van der Waals surface area contributed by atoms with Gasteiger partial charge < -0.3 is 14.9 Å². The summed E-state index contributed by atoms with van der Waals surface area (Å²) in [6.07, 6.45) is 1.48. The maximum absolute atomic E-state index is 9.75. The molecule has 0 aliphatic heterocycles. The first-order chi connectivity index (χ1) is 10.9. The minimum Gasteiger partial charge on any atom is -0.507 e. The summed E-state index contributed by atoms with van der Waals surface area (Å²) >= 11 is 5.90. The quantitative estimate of drug-likeness (QED) is 0.646. The fourth-order valence-corrected chi connectivity index (χ4v) is 1.89. The molecule has 2 N–H and O–H groups in total. The third kappa shape index (κ3) is 4.46. The van der Waals surface area contributed by atoms with Gasteiger partial charge in [-0.3, -0.25) is 5.43 Å². The summed E-state index contributed by atoms with van der Waals surface area (Å²) in [6, 6.07) is 6.53. The number of phenols is 1. The topological polar surface area (TPSA) is 76.9 Å². The number of rotatable bonds is 5. The normalized spacial score (nSPS) is 10.8. The Bertz CT molecular complexity index is 691. The van der Waals surface area contributed by atoms with Gasteiger partial charge in [0.05, 0.1) is 6.21 Å². The second-order valence-electron chi connectivity index (χ2n) is 5.27. The van der Waals surface area contributed by atoms with E-state index in [4.69, 9.17) is 11.6 Å². The van der Waals surface area contributed by atoms with Crippen LogP contribution >= 0.6 is 11.6 Å². The summed E-state index contributed by atoms with van der Waals surface area (Å²) in [7, 11) is 7.54. The van der Waals surface area contributed by atoms with E-state index in [1.807, 2.05) is 38.0 Å². The van der Waals surface area contributed by atoms with Crippen LogP contribution in [0.4, 0.5) is 17.6 Å². The molecule has 0 aliphatic carbocycles. The van der Waals surface area contributed by atoms with E-state index < -0.39 is 0 Å². The predicted molar refractivity (Wildman–Crippen MR) is 95.0 cm³/mol. The highest BCUT2D eigenvalue weighted by atomic mass is 35.5. The second kappa shape index (κ2) is 7.15. The molecule has 1 heterocycles. The lowest BCUT2D eigenvalue weighted by atomic mass is 10.2. The molecule has 8 heteroatoms. The summed E-state index contributed by atoms with van der Waals surface area (Å²) < 4.78 is 0. The van der Waals surface area contributed by atoms with Gasteiger partial charge in [-0.2, -0.15) is 15.1 Å². The Morgan fingerprint density at radius 1 is 1.13 bits per heavy atom. The van der Waals surface area contributed by atoms with E-state index in [1.54, 1.807) is 18.2 Å². The SMILES string of the molecule is CN(C)c1cc(N/N=C\c2cc(Cl)ccc2O)nc(N(C)C)n1. The predicted octanol–water partition coefficient (Wildman–Crippen LogP) is 2.41. The number of hydrogen-bond acceptors (Lipinski definition) is 7. The van der Waals surface area contributed by atoms with Crippen molar-refractivity contribution in [2.45, 2.75) is 0 Å². The molecule has 2 aromatic rings. The number of hydrazone groups is 1. The van der Waals surface area contributed by atoms with Crippen LogP contribution in [0.3, 0.4) is 0 Å². The lowest BCUT2D eigenvalue weighted by Crippen LogP contribution is -2.17. The molecule has 0 fully saturated rings. The third-order valence-electron chi connectivity index (χ3n) is 2.93. The second-order valence-corrected chi connectivity index (χ2v) is 5.71. The van der Waals surface area contributed by atoms with Crippen molar-refractivity contribution in [3.63, 3.8) is 0 Å². The van der Waals surface area contributed by atoms with Crippen molar-refractivity contribution in [3.8, 4) is 5.75 Å². The molecule has 2 rings (SSSR count). The molecule has 0 radical (unpaired) electrons. The maximum Gasteiger partial charge on any atom is 0.228 e. The van der Waals surface area contributed by atoms with E-state index >= 15 is 0 Å². The van der Waals surface area contributed by atoms with E-state index in [0.717, 1.165) is 5.82 Å². The average molecular weight is 335 g/mol. The molecule has 0 aliphatic rings. The minimum absolute atomic E-state index is 0.102. The molecular weight excluding hydrogens is 316 g/mol. The average Bonchev–Trinajstić information content (AvgIpc) is 2.50. The van der Waals surface area contributed by atoms with Gasteiger partial charge in [0.15, 0.2) is 5.82 Å². The van der Waals surface area contributed by atoms with Crippen molar-refractivity contribution in [3.05, 3.63) is 34.9 Å². The molecule has 1 aromatic heterocycles. The van der Waals surface area contributed by atoms with Crippen LogP contribution < -0.4 is 15.2 Å². The molecule has 0 atom stereocenters. The third-order valence-corrected chi connectivity index (χ3v) is 3.17. The maximum atomic E-state index is 9.75. The number of halogens is 1. The number of phenolic OH excluding ortho intramolecular Hbond substituents is 1. The van der Waals surface area contributed by atoms with Crippen molar-refractivity contribution in [1.29, 1.82) is 0 Å². The molecule has 7 nitrogen and oxygen atoms in total. The van der Waals surface area contributed by atoms with E-state index in [1.165, 1.54) is 12.3 Å². The van der Waals surface area contributed by atoms with Gasteiger partial charge in [-0.15, -0.1) is 0 Å². The monoisotopic (exact) mass is 334 g/mol. The Balaban J connectivity index is 2.22. The Hall–Kier alpha value is -2.54. The summed E-state index contributed by atoms with van der Waals surface area (Å²) in [5, 5.41) is 14.4. The van der Waals surface area contributed by atoms with Crippen molar-refractivity contribution < 1.29 is 5.11 Å². The van der Waals surface area contributed by atoms with E-state index in [-0.39, 0.29) is 5.75 Å². The Morgan fingerprint density at radius 2 is 1.87 bits per heavy atom. The Morgan fingerprint density at radius 3 is 2.52 bits per heavy atom. The molecule has 0 amide bonds. The summed E-state index contributed by atoms with van der Waals surface area (Å²) in [4.78, 5) is 12.5. The molecule has 0 saturated heterocycles. The fourth-order valence-electron chi connectivity index (χ4n) is 1.71. The molecule has 122 valence electrons. The Labute approximate surface area is 140 Å². The molecule has 0 unspecified atom stereocenters. The smallest absolute Gasteiger partial charge is 0.228 e. The molecule has 1 aromatic carbocycles. The number of nitrogens with zero attached hydrogens (tertiary/aromatic N) is 5. The highest BCUT2D eigenvalue weighted by molar-refractivity contribution is 6.30. The number of anilines is 3. The van der Waals surface area contributed by atoms with Gasteiger partial charge in [0, 0.05) is 44.8 Å². The zero-order valence-electron chi connectivity index (χ0n) is 13.4. The van der Waals surface area contributed by atoms with Crippen LogP contribution in [-0.4, -0.2) is 49.5 Å². The first kappa shape index (κ1) is 16.8. The van der Waals surface area contributed by atoms with Gasteiger partial charge in [-0.05, 0) is 18.2 Å². The van der Waals surface area contributed by atoms with Crippen molar-refractivity contribution >= 4 is 35.4 Å². The highest BCUT2D eigenvalue weighted by Gasteiger charge is 2.07. The molecule has 0 spiro atoms. The van der Waals surface area contributed by atoms with Gasteiger partial charge in [-0.25, -0.2) is 0 Å². The van der Waals surface area contributed by atoms with Crippen LogP contribution in [0.1, 0.15) is 5.56 Å². The number of benzene rings is 1. The molecule has 0 bridgehead atoms. The van der Waals surface area contributed by atoms with Gasteiger partial charge >= 0.3 is 0 Å². The van der Waals surface area contributed by atoms with E-state index in [9.17, 15) is 5.11 Å². The highest BCUT2D eigenvalue weighted by Crippen LogP contribution is 2.20. The van der Waals surface area contributed by atoms with Crippen LogP contribution in [0, 0.1) is 0 Å². The van der Waals surface area contributed by atoms with Gasteiger partial charge in [0.2, 0.25) is 5.95 Å². The fraction of sp³-hybridized carbons (Fsp3) is 0.267. The molecular formula is C15H19ClN6O. The lowest BCUT2D eigenvalue weighted by molar-refractivity contribution is 0.474. The van der Waals surface area contributed by atoms with Crippen LogP contribution in [0.5, 0.6) is 5.75 Å².